The van der Waals surface area contributed by atoms with E-state index in [1.807, 2.05) is 0 Å². The zero-order chi connectivity index (χ0) is 19.6. The maximum atomic E-state index is 12.7. The Balaban J connectivity index is 1.80. The first kappa shape index (κ1) is 19.0. The van der Waals surface area contributed by atoms with Crippen LogP contribution in [0, 0.1) is 0 Å². The predicted octanol–water partition coefficient (Wildman–Crippen LogP) is 4.55. The third-order valence-corrected chi connectivity index (χ3v) is 4.78. The summed E-state index contributed by atoms with van der Waals surface area (Å²) in [6.07, 6.45) is 1.18. The first-order valence-electron chi connectivity index (χ1n) is 7.98. The van der Waals surface area contributed by atoms with Gasteiger partial charge in [-0.1, -0.05) is 30.8 Å². The molecule has 0 bridgehead atoms. The number of amides is 2. The van der Waals surface area contributed by atoms with Crippen LogP contribution in [0.2, 0.25) is 0 Å². The van der Waals surface area contributed by atoms with Gasteiger partial charge in [-0.15, -0.1) is 0 Å². The molecule has 1 N–H and O–H groups in total. The van der Waals surface area contributed by atoms with Crippen LogP contribution in [-0.2, 0) is 9.59 Å². The number of alkyl halides is 3. The van der Waals surface area contributed by atoms with Crippen LogP contribution in [0.5, 0.6) is 0 Å². The van der Waals surface area contributed by atoms with Gasteiger partial charge in [-0.05, 0) is 47.7 Å². The second-order valence-corrected chi connectivity index (χ2v) is 6.97. The molecule has 1 atom stereocenters. The number of nitrogens with zero attached hydrogens (tertiary/aromatic N) is 1. The Bertz CT molecular complexity index is 899. The van der Waals surface area contributed by atoms with Gasteiger partial charge in [0.25, 0.3) is 0 Å². The number of nitrogens with one attached hydrogen (secondary N) is 1. The van der Waals surface area contributed by atoms with E-state index in [0.29, 0.717) is 11.3 Å². The molecule has 140 valence electrons. The van der Waals surface area contributed by atoms with Crippen molar-refractivity contribution in [2.24, 2.45) is 0 Å². The normalized spacial score (nSPS) is 16.0. The lowest BCUT2D eigenvalue weighted by molar-refractivity contribution is -0.117. The summed E-state index contributed by atoms with van der Waals surface area (Å²) in [5.74, 6) is -1.33. The quantitative estimate of drug-likeness (QED) is 0.613. The van der Waals surface area contributed by atoms with E-state index in [2.05, 4.69) is 11.9 Å². The van der Waals surface area contributed by atoms with Crippen molar-refractivity contribution in [3.8, 4) is 0 Å². The van der Waals surface area contributed by atoms with Crippen LogP contribution < -0.4 is 10.2 Å². The molecule has 0 aliphatic carbocycles. The molecule has 2 aromatic carbocycles. The summed E-state index contributed by atoms with van der Waals surface area (Å²) in [6, 6.07) is 12.6. The molecule has 0 aromatic heterocycles. The molecule has 0 spiro atoms. The lowest BCUT2D eigenvalue weighted by Gasteiger charge is -2.15. The molecular weight excluding hydrogens is 377 g/mol. The van der Waals surface area contributed by atoms with Crippen molar-refractivity contribution in [2.45, 2.75) is 16.3 Å². The molecule has 4 nitrogen and oxygen atoms in total. The Kier molecular flexibility index (Phi) is 5.27. The summed E-state index contributed by atoms with van der Waals surface area (Å²) in [6.45, 7) is 3.61. The molecule has 0 saturated carbocycles. The zero-order valence-corrected chi connectivity index (χ0v) is 14.8. The topological polar surface area (TPSA) is 49.4 Å². The minimum Gasteiger partial charge on any atom is -0.325 e. The van der Waals surface area contributed by atoms with Gasteiger partial charge in [0, 0.05) is 22.8 Å². The highest BCUT2D eigenvalue weighted by molar-refractivity contribution is 8.00. The van der Waals surface area contributed by atoms with E-state index in [-0.39, 0.29) is 34.8 Å². The minimum absolute atomic E-state index is 0.0180. The van der Waals surface area contributed by atoms with Gasteiger partial charge in [0.2, 0.25) is 11.8 Å². The lowest BCUT2D eigenvalue weighted by Crippen LogP contribution is -2.31. The number of anilines is 2. The molecule has 0 radical (unpaired) electrons. The van der Waals surface area contributed by atoms with E-state index in [0.717, 1.165) is 0 Å². The number of carbonyl (C=O) groups excluding carboxylic acids is 2. The van der Waals surface area contributed by atoms with Crippen LogP contribution >= 0.6 is 11.8 Å². The number of thioether (sulfide) groups is 1. The molecule has 27 heavy (non-hydrogen) atoms. The SMILES string of the molecule is C=CC(=O)N1CC(C(=O)Nc2cccc(SC(F)(F)F)c2)c2ccccc21. The second-order valence-electron chi connectivity index (χ2n) is 5.83. The van der Waals surface area contributed by atoms with Crippen molar-refractivity contribution in [3.63, 3.8) is 0 Å². The number of hydrogen-bond donors (Lipinski definition) is 1. The van der Waals surface area contributed by atoms with E-state index in [1.165, 1.54) is 35.2 Å². The smallest absolute Gasteiger partial charge is 0.325 e. The molecule has 0 saturated heterocycles. The van der Waals surface area contributed by atoms with Gasteiger partial charge in [0.15, 0.2) is 0 Å². The predicted molar refractivity (Wildman–Crippen MR) is 98.7 cm³/mol. The largest absolute Gasteiger partial charge is 0.446 e. The molecule has 1 unspecified atom stereocenters. The number of halogens is 3. The van der Waals surface area contributed by atoms with E-state index < -0.39 is 17.3 Å². The van der Waals surface area contributed by atoms with Crippen LogP contribution in [0.1, 0.15) is 11.5 Å². The number of carbonyl (C=O) groups is 2. The second kappa shape index (κ2) is 7.48. The fraction of sp³-hybridized carbons (Fsp3) is 0.158. The number of benzene rings is 2. The van der Waals surface area contributed by atoms with Gasteiger partial charge in [0.05, 0.1) is 5.92 Å². The Morgan fingerprint density at radius 2 is 1.93 bits per heavy atom. The standard InChI is InChI=1S/C19H15F3N2O2S/c1-2-17(25)24-11-15(14-8-3-4-9-16(14)24)18(26)23-12-6-5-7-13(10-12)27-19(20,21)22/h2-10,15H,1,11H2,(H,23,26). The number of hydrogen-bond acceptors (Lipinski definition) is 3. The average Bonchev–Trinajstić information content (AvgIpc) is 3.00. The highest BCUT2D eigenvalue weighted by Crippen LogP contribution is 2.39. The van der Waals surface area contributed by atoms with Crippen LogP contribution in [0.4, 0.5) is 24.5 Å². The first-order valence-corrected chi connectivity index (χ1v) is 8.79. The number of rotatable bonds is 4. The number of para-hydroxylation sites is 1. The summed E-state index contributed by atoms with van der Waals surface area (Å²) in [7, 11) is 0. The van der Waals surface area contributed by atoms with Gasteiger partial charge in [-0.2, -0.15) is 13.2 Å². The number of fused-ring (bicyclic) bond motifs is 1. The average molecular weight is 392 g/mol. The highest BCUT2D eigenvalue weighted by atomic mass is 32.2. The van der Waals surface area contributed by atoms with E-state index >= 15 is 0 Å². The fourth-order valence-corrected chi connectivity index (χ4v) is 3.55. The molecule has 8 heteroatoms. The molecular formula is C19H15F3N2O2S. The van der Waals surface area contributed by atoms with E-state index in [4.69, 9.17) is 0 Å². The molecule has 1 aliphatic rings. The van der Waals surface area contributed by atoms with Crippen LogP contribution in [0.3, 0.4) is 0 Å². The van der Waals surface area contributed by atoms with E-state index in [9.17, 15) is 22.8 Å². The van der Waals surface area contributed by atoms with Crippen molar-refractivity contribution < 1.29 is 22.8 Å². The molecule has 1 aliphatic heterocycles. The van der Waals surface area contributed by atoms with Crippen molar-refractivity contribution >= 4 is 35.0 Å². The summed E-state index contributed by atoms with van der Waals surface area (Å²) in [4.78, 5) is 26.2. The minimum atomic E-state index is -4.40. The van der Waals surface area contributed by atoms with Gasteiger partial charge in [-0.3, -0.25) is 9.59 Å². The zero-order valence-electron chi connectivity index (χ0n) is 14.0. The summed E-state index contributed by atoms with van der Waals surface area (Å²) in [5, 5.41) is 2.64. The van der Waals surface area contributed by atoms with Crippen LogP contribution in [-0.4, -0.2) is 23.9 Å². The Morgan fingerprint density at radius 3 is 2.63 bits per heavy atom. The van der Waals surface area contributed by atoms with Crippen molar-refractivity contribution in [1.29, 1.82) is 0 Å². The molecule has 1 heterocycles. The highest BCUT2D eigenvalue weighted by Gasteiger charge is 2.35. The summed E-state index contributed by atoms with van der Waals surface area (Å²) in [5.41, 5.74) is -2.83. The van der Waals surface area contributed by atoms with E-state index in [1.54, 1.807) is 24.3 Å². The molecule has 2 aromatic rings. The van der Waals surface area contributed by atoms with Crippen molar-refractivity contribution in [3.05, 3.63) is 66.7 Å². The third kappa shape index (κ3) is 4.33. The molecule has 2 amide bonds. The lowest BCUT2D eigenvalue weighted by atomic mass is 10.0. The maximum absolute atomic E-state index is 12.7. The summed E-state index contributed by atoms with van der Waals surface area (Å²) >= 11 is -0.245. The first-order chi connectivity index (χ1) is 12.8. The van der Waals surface area contributed by atoms with Gasteiger partial charge < -0.3 is 10.2 Å². The summed E-state index contributed by atoms with van der Waals surface area (Å²) < 4.78 is 37.6. The van der Waals surface area contributed by atoms with Crippen molar-refractivity contribution in [1.82, 2.24) is 0 Å². The van der Waals surface area contributed by atoms with Crippen LogP contribution in [0.25, 0.3) is 0 Å². The molecule has 3 rings (SSSR count). The fourth-order valence-electron chi connectivity index (χ4n) is 2.95. The van der Waals surface area contributed by atoms with Crippen LogP contribution in [0.15, 0.2) is 66.1 Å². The monoisotopic (exact) mass is 392 g/mol. The van der Waals surface area contributed by atoms with Crippen molar-refractivity contribution in [2.75, 3.05) is 16.8 Å². The van der Waals surface area contributed by atoms with Gasteiger partial charge >= 0.3 is 5.51 Å². The van der Waals surface area contributed by atoms with Gasteiger partial charge in [-0.25, -0.2) is 0 Å². The molecule has 0 fully saturated rings. The third-order valence-electron chi connectivity index (χ3n) is 4.06. The Labute approximate surface area is 158 Å². The maximum Gasteiger partial charge on any atom is 0.446 e. The Morgan fingerprint density at radius 1 is 1.19 bits per heavy atom. The Hall–Kier alpha value is -2.74. The van der Waals surface area contributed by atoms with Gasteiger partial charge in [0.1, 0.15) is 0 Å².